The molecule has 6 heteroatoms. The zero-order chi connectivity index (χ0) is 13.4. The summed E-state index contributed by atoms with van der Waals surface area (Å²) in [5.41, 5.74) is 0. The molecule has 0 aromatic heterocycles. The van der Waals surface area contributed by atoms with Gasteiger partial charge in [0.05, 0.1) is 5.75 Å². The first-order chi connectivity index (χ1) is 8.53. The molecule has 4 nitrogen and oxygen atoms in total. The van der Waals surface area contributed by atoms with Crippen molar-refractivity contribution >= 4 is 21.8 Å². The molecule has 2 atom stereocenters. The first-order valence-electron chi connectivity index (χ1n) is 6.77. The minimum atomic E-state index is -3.08. The van der Waals surface area contributed by atoms with Crippen LogP contribution in [-0.2, 0) is 10.0 Å². The first kappa shape index (κ1) is 16.3. The van der Waals surface area contributed by atoms with Gasteiger partial charge >= 0.3 is 0 Å². The van der Waals surface area contributed by atoms with Crippen LogP contribution in [0.2, 0.25) is 0 Å². The van der Waals surface area contributed by atoms with Gasteiger partial charge in [-0.05, 0) is 38.5 Å². The van der Waals surface area contributed by atoms with Crippen LogP contribution in [0.5, 0.6) is 0 Å². The molecule has 0 bridgehead atoms. The highest BCUT2D eigenvalue weighted by atomic mass is 32.2. The molecule has 0 aromatic rings. The molecule has 0 spiro atoms. The third-order valence-electron chi connectivity index (χ3n) is 3.42. The van der Waals surface area contributed by atoms with Crippen LogP contribution in [0.1, 0.15) is 39.0 Å². The zero-order valence-corrected chi connectivity index (χ0v) is 13.1. The number of hydrogen-bond acceptors (Lipinski definition) is 4. The van der Waals surface area contributed by atoms with Crippen LogP contribution in [0, 0.1) is 0 Å². The Balaban J connectivity index is 2.18. The van der Waals surface area contributed by atoms with Gasteiger partial charge in [-0.2, -0.15) is 11.8 Å². The Labute approximate surface area is 116 Å². The Kier molecular flexibility index (Phi) is 7.60. The van der Waals surface area contributed by atoms with Crippen molar-refractivity contribution in [1.82, 2.24) is 10.0 Å². The summed E-state index contributed by atoms with van der Waals surface area (Å²) < 4.78 is 26.3. The maximum absolute atomic E-state index is 11.8. The Hall–Kier alpha value is 0.220. The topological polar surface area (TPSA) is 58.2 Å². The van der Waals surface area contributed by atoms with E-state index in [-0.39, 0.29) is 5.75 Å². The number of piperidine rings is 1. The number of rotatable bonds is 8. The molecule has 1 rings (SSSR count). The van der Waals surface area contributed by atoms with E-state index in [0.29, 0.717) is 17.8 Å². The zero-order valence-electron chi connectivity index (χ0n) is 11.4. The van der Waals surface area contributed by atoms with Gasteiger partial charge in [0, 0.05) is 17.8 Å². The van der Waals surface area contributed by atoms with E-state index in [1.165, 1.54) is 12.8 Å². The van der Waals surface area contributed by atoms with Gasteiger partial charge in [0.2, 0.25) is 10.0 Å². The lowest BCUT2D eigenvalue weighted by Gasteiger charge is -2.23. The smallest absolute Gasteiger partial charge is 0.211 e. The highest BCUT2D eigenvalue weighted by Gasteiger charge is 2.17. The predicted molar refractivity (Wildman–Crippen MR) is 79.6 cm³/mol. The largest absolute Gasteiger partial charge is 0.314 e. The summed E-state index contributed by atoms with van der Waals surface area (Å²) in [6.45, 7) is 3.71. The summed E-state index contributed by atoms with van der Waals surface area (Å²) in [5, 5.41) is 3.89. The van der Waals surface area contributed by atoms with Gasteiger partial charge in [-0.3, -0.25) is 0 Å². The van der Waals surface area contributed by atoms with E-state index < -0.39 is 10.0 Å². The molecule has 2 unspecified atom stereocenters. The third kappa shape index (κ3) is 6.97. The summed E-state index contributed by atoms with van der Waals surface area (Å²) >= 11 is 1.77. The number of nitrogens with one attached hydrogen (secondary N) is 2. The average molecular weight is 294 g/mol. The Morgan fingerprint density at radius 2 is 2.22 bits per heavy atom. The first-order valence-corrected chi connectivity index (χ1v) is 9.71. The van der Waals surface area contributed by atoms with E-state index in [1.54, 1.807) is 11.8 Å². The average Bonchev–Trinajstić information content (AvgIpc) is 2.37. The molecule has 1 aliphatic rings. The SMILES string of the molecule is CSC(C)CCNS(=O)(=O)CCC1CCCCN1. The Bertz CT molecular complexity index is 314. The molecule has 0 aromatic carbocycles. The van der Waals surface area contributed by atoms with Gasteiger partial charge < -0.3 is 5.32 Å². The second-order valence-corrected chi connectivity index (χ2v) is 8.19. The maximum atomic E-state index is 11.8. The van der Waals surface area contributed by atoms with E-state index in [1.807, 2.05) is 6.26 Å². The fourth-order valence-electron chi connectivity index (χ4n) is 2.08. The van der Waals surface area contributed by atoms with Crippen LogP contribution < -0.4 is 10.0 Å². The summed E-state index contributed by atoms with van der Waals surface area (Å²) in [4.78, 5) is 0. The molecule has 1 fully saturated rings. The predicted octanol–water partition coefficient (Wildman–Crippen LogP) is 1.58. The molecule has 108 valence electrons. The minimum absolute atomic E-state index is 0.248. The maximum Gasteiger partial charge on any atom is 0.211 e. The van der Waals surface area contributed by atoms with Gasteiger partial charge in [-0.15, -0.1) is 0 Å². The molecule has 1 heterocycles. The molecule has 0 saturated carbocycles. The van der Waals surface area contributed by atoms with Crippen LogP contribution in [0.3, 0.4) is 0 Å². The molecular formula is C12H26N2O2S2. The van der Waals surface area contributed by atoms with Crippen LogP contribution in [0.15, 0.2) is 0 Å². The van der Waals surface area contributed by atoms with Crippen molar-refractivity contribution in [3.05, 3.63) is 0 Å². The van der Waals surface area contributed by atoms with Crippen molar-refractivity contribution in [2.24, 2.45) is 0 Å². The Morgan fingerprint density at radius 1 is 1.44 bits per heavy atom. The van der Waals surface area contributed by atoms with E-state index >= 15 is 0 Å². The van der Waals surface area contributed by atoms with Crippen LogP contribution >= 0.6 is 11.8 Å². The molecular weight excluding hydrogens is 268 g/mol. The quantitative estimate of drug-likeness (QED) is 0.713. The summed E-state index contributed by atoms with van der Waals surface area (Å²) in [6, 6.07) is 0.389. The van der Waals surface area contributed by atoms with Gasteiger partial charge in [0.1, 0.15) is 0 Å². The Morgan fingerprint density at radius 3 is 2.83 bits per heavy atom. The van der Waals surface area contributed by atoms with Crippen molar-refractivity contribution < 1.29 is 8.42 Å². The monoisotopic (exact) mass is 294 g/mol. The van der Waals surface area contributed by atoms with E-state index in [9.17, 15) is 8.42 Å². The second kappa shape index (κ2) is 8.40. The highest BCUT2D eigenvalue weighted by molar-refractivity contribution is 7.99. The highest BCUT2D eigenvalue weighted by Crippen LogP contribution is 2.11. The van der Waals surface area contributed by atoms with E-state index in [0.717, 1.165) is 25.8 Å². The lowest BCUT2D eigenvalue weighted by atomic mass is 10.0. The van der Waals surface area contributed by atoms with Gasteiger partial charge in [0.15, 0.2) is 0 Å². The summed E-state index contributed by atoms with van der Waals surface area (Å²) in [7, 11) is -3.08. The van der Waals surface area contributed by atoms with Gasteiger partial charge in [-0.1, -0.05) is 13.3 Å². The van der Waals surface area contributed by atoms with Crippen molar-refractivity contribution in [2.45, 2.75) is 50.3 Å². The molecule has 0 amide bonds. The molecule has 0 radical (unpaired) electrons. The van der Waals surface area contributed by atoms with Crippen molar-refractivity contribution in [3.8, 4) is 0 Å². The minimum Gasteiger partial charge on any atom is -0.314 e. The summed E-state index contributed by atoms with van der Waals surface area (Å²) in [5.74, 6) is 0.248. The van der Waals surface area contributed by atoms with Crippen LogP contribution in [0.25, 0.3) is 0 Å². The van der Waals surface area contributed by atoms with Crippen LogP contribution in [0.4, 0.5) is 0 Å². The fraction of sp³-hybridized carbons (Fsp3) is 1.00. The van der Waals surface area contributed by atoms with Crippen LogP contribution in [-0.4, -0.2) is 44.8 Å². The number of hydrogen-bond donors (Lipinski definition) is 2. The molecule has 2 N–H and O–H groups in total. The van der Waals surface area contributed by atoms with E-state index in [2.05, 4.69) is 17.0 Å². The number of thioether (sulfide) groups is 1. The lowest BCUT2D eigenvalue weighted by Crippen LogP contribution is -2.37. The van der Waals surface area contributed by atoms with E-state index in [4.69, 9.17) is 0 Å². The standard InChI is InChI=1S/C12H26N2O2S2/c1-11(17-2)6-9-14-18(15,16)10-7-12-5-3-4-8-13-12/h11-14H,3-10H2,1-2H3. The van der Waals surface area contributed by atoms with Crippen molar-refractivity contribution in [1.29, 1.82) is 0 Å². The van der Waals surface area contributed by atoms with Crippen molar-refractivity contribution in [3.63, 3.8) is 0 Å². The number of sulfonamides is 1. The molecule has 1 aliphatic heterocycles. The second-order valence-electron chi connectivity index (χ2n) is 4.98. The molecule has 1 saturated heterocycles. The van der Waals surface area contributed by atoms with Gasteiger partial charge in [-0.25, -0.2) is 13.1 Å². The van der Waals surface area contributed by atoms with Gasteiger partial charge in [0.25, 0.3) is 0 Å². The molecule has 18 heavy (non-hydrogen) atoms. The fourth-order valence-corrected chi connectivity index (χ4v) is 3.60. The third-order valence-corrected chi connectivity index (χ3v) is 5.88. The lowest BCUT2D eigenvalue weighted by molar-refractivity contribution is 0.392. The summed E-state index contributed by atoms with van der Waals surface area (Å²) in [6.07, 6.45) is 7.22. The van der Waals surface area contributed by atoms with Crippen molar-refractivity contribution in [2.75, 3.05) is 25.1 Å². The molecule has 0 aliphatic carbocycles. The normalized spacial score (nSPS) is 22.9.